The van der Waals surface area contributed by atoms with Gasteiger partial charge < -0.3 is 20.5 Å². The zero-order chi connectivity index (χ0) is 14.8. The second-order valence-electron chi connectivity index (χ2n) is 4.61. The molecule has 114 valence electrons. The summed E-state index contributed by atoms with van der Waals surface area (Å²) >= 11 is 0. The first-order valence-electron chi connectivity index (χ1n) is 7.22. The predicted molar refractivity (Wildman–Crippen MR) is 80.8 cm³/mol. The van der Waals surface area contributed by atoms with Crippen LogP contribution in [0.1, 0.15) is 33.1 Å². The number of anilines is 2. The third-order valence-corrected chi connectivity index (χ3v) is 2.70. The molecule has 20 heavy (non-hydrogen) atoms. The number of halogens is 1. The molecule has 1 rings (SSSR count). The Labute approximate surface area is 120 Å². The summed E-state index contributed by atoms with van der Waals surface area (Å²) in [5.41, 5.74) is 6.88. The lowest BCUT2D eigenvalue weighted by molar-refractivity contribution is 0.134. The van der Waals surface area contributed by atoms with E-state index in [0.717, 1.165) is 32.4 Å². The SMILES string of the molecule is CCCOCCCNc1cc(OCCC)c(F)cc1N. The van der Waals surface area contributed by atoms with Gasteiger partial charge in [0.1, 0.15) is 0 Å². The molecule has 0 saturated carbocycles. The van der Waals surface area contributed by atoms with Crippen molar-refractivity contribution in [3.63, 3.8) is 0 Å². The van der Waals surface area contributed by atoms with Gasteiger partial charge in [0, 0.05) is 31.9 Å². The Hall–Kier alpha value is -1.49. The molecular formula is C15H25FN2O2. The van der Waals surface area contributed by atoms with Crippen molar-refractivity contribution in [1.82, 2.24) is 0 Å². The molecule has 0 bridgehead atoms. The smallest absolute Gasteiger partial charge is 0.167 e. The normalized spacial score (nSPS) is 10.6. The van der Waals surface area contributed by atoms with Crippen LogP contribution in [0.5, 0.6) is 5.75 Å². The summed E-state index contributed by atoms with van der Waals surface area (Å²) in [6.45, 7) is 6.77. The van der Waals surface area contributed by atoms with E-state index in [1.165, 1.54) is 6.07 Å². The fourth-order valence-corrected chi connectivity index (χ4v) is 1.69. The quantitative estimate of drug-likeness (QED) is 0.510. The fraction of sp³-hybridized carbons (Fsp3) is 0.600. The minimum absolute atomic E-state index is 0.241. The first kappa shape index (κ1) is 16.6. The molecule has 0 spiro atoms. The van der Waals surface area contributed by atoms with E-state index in [9.17, 15) is 4.39 Å². The third-order valence-electron chi connectivity index (χ3n) is 2.70. The molecule has 1 aromatic carbocycles. The number of nitrogen functional groups attached to an aromatic ring is 1. The largest absolute Gasteiger partial charge is 0.490 e. The number of benzene rings is 1. The van der Waals surface area contributed by atoms with Crippen molar-refractivity contribution in [3.05, 3.63) is 17.9 Å². The van der Waals surface area contributed by atoms with E-state index in [0.29, 0.717) is 24.6 Å². The molecule has 0 unspecified atom stereocenters. The fourth-order valence-electron chi connectivity index (χ4n) is 1.69. The van der Waals surface area contributed by atoms with Crippen LogP contribution in [0.2, 0.25) is 0 Å². The van der Waals surface area contributed by atoms with Crippen LogP contribution in [0, 0.1) is 5.82 Å². The maximum atomic E-state index is 13.6. The molecule has 0 fully saturated rings. The molecule has 3 N–H and O–H groups in total. The maximum Gasteiger partial charge on any atom is 0.167 e. The van der Waals surface area contributed by atoms with Gasteiger partial charge in [0.15, 0.2) is 11.6 Å². The Kier molecular flexibility index (Phi) is 7.80. The van der Waals surface area contributed by atoms with Gasteiger partial charge in [-0.25, -0.2) is 4.39 Å². The molecule has 0 heterocycles. The van der Waals surface area contributed by atoms with Crippen molar-refractivity contribution >= 4 is 11.4 Å². The van der Waals surface area contributed by atoms with Crippen LogP contribution in [-0.4, -0.2) is 26.4 Å². The zero-order valence-corrected chi connectivity index (χ0v) is 12.4. The summed E-state index contributed by atoms with van der Waals surface area (Å²) in [6.07, 6.45) is 2.74. The van der Waals surface area contributed by atoms with Crippen LogP contribution in [0.3, 0.4) is 0 Å². The van der Waals surface area contributed by atoms with Crippen LogP contribution in [0.15, 0.2) is 12.1 Å². The lowest BCUT2D eigenvalue weighted by Crippen LogP contribution is -2.08. The van der Waals surface area contributed by atoms with Crippen LogP contribution in [-0.2, 0) is 4.74 Å². The number of ether oxygens (including phenoxy) is 2. The zero-order valence-electron chi connectivity index (χ0n) is 12.4. The highest BCUT2D eigenvalue weighted by Gasteiger charge is 2.08. The van der Waals surface area contributed by atoms with Gasteiger partial charge >= 0.3 is 0 Å². The lowest BCUT2D eigenvalue weighted by atomic mass is 10.2. The molecule has 4 nitrogen and oxygen atoms in total. The van der Waals surface area contributed by atoms with Crippen LogP contribution in [0.4, 0.5) is 15.8 Å². The second kappa shape index (κ2) is 9.42. The van der Waals surface area contributed by atoms with E-state index < -0.39 is 5.82 Å². The molecule has 0 atom stereocenters. The molecule has 0 saturated heterocycles. The van der Waals surface area contributed by atoms with Crippen LogP contribution in [0.25, 0.3) is 0 Å². The third kappa shape index (κ3) is 5.65. The van der Waals surface area contributed by atoms with Crippen molar-refractivity contribution in [3.8, 4) is 5.75 Å². The van der Waals surface area contributed by atoms with E-state index >= 15 is 0 Å². The van der Waals surface area contributed by atoms with Gasteiger partial charge in [0.2, 0.25) is 0 Å². The number of hydrogen-bond acceptors (Lipinski definition) is 4. The van der Waals surface area contributed by atoms with Crippen molar-refractivity contribution < 1.29 is 13.9 Å². The highest BCUT2D eigenvalue weighted by atomic mass is 19.1. The van der Waals surface area contributed by atoms with Gasteiger partial charge in [0.05, 0.1) is 18.0 Å². The minimum Gasteiger partial charge on any atom is -0.490 e. The molecule has 0 aromatic heterocycles. The summed E-state index contributed by atoms with van der Waals surface area (Å²) in [4.78, 5) is 0. The average molecular weight is 284 g/mol. The van der Waals surface area contributed by atoms with Crippen molar-refractivity contribution in [1.29, 1.82) is 0 Å². The minimum atomic E-state index is -0.423. The first-order chi connectivity index (χ1) is 9.69. The Balaban J connectivity index is 2.47. The topological polar surface area (TPSA) is 56.5 Å². The van der Waals surface area contributed by atoms with Gasteiger partial charge in [-0.3, -0.25) is 0 Å². The van der Waals surface area contributed by atoms with Crippen LogP contribution < -0.4 is 15.8 Å². The Morgan fingerprint density at radius 1 is 1.15 bits per heavy atom. The van der Waals surface area contributed by atoms with Crippen molar-refractivity contribution in [2.75, 3.05) is 37.4 Å². The van der Waals surface area contributed by atoms with E-state index in [2.05, 4.69) is 12.2 Å². The van der Waals surface area contributed by atoms with Gasteiger partial charge in [-0.15, -0.1) is 0 Å². The molecule has 5 heteroatoms. The number of rotatable bonds is 10. The summed E-state index contributed by atoms with van der Waals surface area (Å²) in [7, 11) is 0. The van der Waals surface area contributed by atoms with Gasteiger partial charge in [0.25, 0.3) is 0 Å². The monoisotopic (exact) mass is 284 g/mol. The first-order valence-corrected chi connectivity index (χ1v) is 7.22. The Morgan fingerprint density at radius 2 is 1.90 bits per heavy atom. The van der Waals surface area contributed by atoms with Gasteiger partial charge in [-0.05, 0) is 19.3 Å². The summed E-state index contributed by atoms with van der Waals surface area (Å²) in [5.74, 6) is -0.182. The van der Waals surface area contributed by atoms with E-state index in [4.69, 9.17) is 15.2 Å². The van der Waals surface area contributed by atoms with E-state index in [1.807, 2.05) is 6.92 Å². The summed E-state index contributed by atoms with van der Waals surface area (Å²) in [6, 6.07) is 2.91. The highest BCUT2D eigenvalue weighted by molar-refractivity contribution is 5.68. The predicted octanol–water partition coefficient (Wildman–Crippen LogP) is 3.43. The van der Waals surface area contributed by atoms with Gasteiger partial charge in [-0.2, -0.15) is 0 Å². The molecule has 0 aliphatic rings. The second-order valence-corrected chi connectivity index (χ2v) is 4.61. The Morgan fingerprint density at radius 3 is 2.60 bits per heavy atom. The highest BCUT2D eigenvalue weighted by Crippen LogP contribution is 2.28. The van der Waals surface area contributed by atoms with Crippen LogP contribution >= 0.6 is 0 Å². The molecule has 0 aliphatic heterocycles. The van der Waals surface area contributed by atoms with Crippen molar-refractivity contribution in [2.45, 2.75) is 33.1 Å². The van der Waals surface area contributed by atoms with Crippen molar-refractivity contribution in [2.24, 2.45) is 0 Å². The number of hydrogen-bond donors (Lipinski definition) is 2. The molecule has 1 aromatic rings. The summed E-state index contributed by atoms with van der Waals surface area (Å²) in [5, 5.41) is 3.18. The maximum absolute atomic E-state index is 13.6. The Bertz CT molecular complexity index is 400. The van der Waals surface area contributed by atoms with E-state index in [-0.39, 0.29) is 5.75 Å². The number of nitrogens with two attached hydrogens (primary N) is 1. The average Bonchev–Trinajstić information content (AvgIpc) is 2.43. The lowest BCUT2D eigenvalue weighted by Gasteiger charge is -2.13. The van der Waals surface area contributed by atoms with E-state index in [1.54, 1.807) is 6.07 Å². The molecule has 0 amide bonds. The molecule has 0 aliphatic carbocycles. The number of nitrogens with one attached hydrogen (secondary N) is 1. The molecular weight excluding hydrogens is 259 g/mol. The molecule has 0 radical (unpaired) electrons. The standard InChI is InChI=1S/C15H25FN2O2/c1-3-7-19-9-5-6-18-14-11-15(20-8-4-2)12(16)10-13(14)17/h10-11,18H,3-9,17H2,1-2H3. The van der Waals surface area contributed by atoms with Gasteiger partial charge in [-0.1, -0.05) is 13.8 Å². The summed E-state index contributed by atoms with van der Waals surface area (Å²) < 4.78 is 24.4.